The first-order chi connectivity index (χ1) is 8.06. The third kappa shape index (κ3) is 3.30. The first kappa shape index (κ1) is 13.1. The predicted octanol–water partition coefficient (Wildman–Crippen LogP) is 0.620. The molecule has 2 aliphatic heterocycles. The molecule has 3 atom stereocenters. The Labute approximate surface area is 106 Å². The Balaban J connectivity index is 1.79. The van der Waals surface area contributed by atoms with Crippen molar-refractivity contribution in [3.05, 3.63) is 0 Å². The molecule has 4 nitrogen and oxygen atoms in total. The third-order valence-electron chi connectivity index (χ3n) is 3.52. The normalized spacial score (nSPS) is 34.2. The quantitative estimate of drug-likeness (QED) is 0.759. The summed E-state index contributed by atoms with van der Waals surface area (Å²) in [6.07, 6.45) is 0.385. The van der Waals surface area contributed by atoms with Gasteiger partial charge in [0.1, 0.15) is 6.17 Å². The van der Waals surface area contributed by atoms with Gasteiger partial charge >= 0.3 is 0 Å². The third-order valence-corrected chi connectivity index (χ3v) is 3.83. The molecule has 0 unspecified atom stereocenters. The average molecular weight is 264 g/mol. The fourth-order valence-corrected chi connectivity index (χ4v) is 2.85. The van der Waals surface area contributed by atoms with Gasteiger partial charge in [0.25, 0.3) is 5.91 Å². The fourth-order valence-electron chi connectivity index (χ4n) is 2.54. The number of hydrogen-bond donors (Lipinski definition) is 1. The van der Waals surface area contributed by atoms with Crippen molar-refractivity contribution in [3.8, 4) is 0 Å². The lowest BCUT2D eigenvalue weighted by Gasteiger charge is -2.21. The Morgan fingerprint density at radius 1 is 1.65 bits per heavy atom. The van der Waals surface area contributed by atoms with Gasteiger partial charge in [0, 0.05) is 37.8 Å². The van der Waals surface area contributed by atoms with Crippen molar-refractivity contribution in [2.45, 2.75) is 25.1 Å². The van der Waals surface area contributed by atoms with E-state index in [1.54, 1.807) is 0 Å². The highest BCUT2D eigenvalue weighted by Gasteiger charge is 2.33. The maximum atomic E-state index is 13.0. The van der Waals surface area contributed by atoms with Crippen molar-refractivity contribution < 1.29 is 9.18 Å². The van der Waals surface area contributed by atoms with Gasteiger partial charge in [-0.1, -0.05) is 0 Å². The van der Waals surface area contributed by atoms with Crippen LogP contribution in [0.5, 0.6) is 0 Å². The molecule has 2 rings (SSSR count). The molecule has 1 amide bonds. The lowest BCUT2D eigenvalue weighted by Crippen LogP contribution is -2.41. The number of carbonyl (C=O) groups is 1. The summed E-state index contributed by atoms with van der Waals surface area (Å²) in [6, 6.07) is -0.443. The average Bonchev–Trinajstić information content (AvgIpc) is 2.87. The molecule has 17 heavy (non-hydrogen) atoms. The van der Waals surface area contributed by atoms with Crippen molar-refractivity contribution in [3.63, 3.8) is 0 Å². The molecule has 0 aromatic rings. The van der Waals surface area contributed by atoms with E-state index >= 15 is 0 Å². The summed E-state index contributed by atoms with van der Waals surface area (Å²) in [7, 11) is 2.06. The zero-order valence-corrected chi connectivity index (χ0v) is 10.8. The van der Waals surface area contributed by atoms with E-state index in [9.17, 15) is 9.18 Å². The highest BCUT2D eigenvalue weighted by atomic mass is 35.5. The minimum atomic E-state index is -0.924. The molecule has 98 valence electrons. The first-order valence-electron chi connectivity index (χ1n) is 6.09. The SMILES string of the molecule is CN1CC[C@@H](CN(Cl)C(=O)[C@@H]2C[C@@H](F)CN2)C1. The molecule has 6 heteroatoms. The molecule has 2 saturated heterocycles. The number of rotatable bonds is 3. The molecule has 2 heterocycles. The Morgan fingerprint density at radius 3 is 2.94 bits per heavy atom. The molecule has 0 aliphatic carbocycles. The summed E-state index contributed by atoms with van der Waals surface area (Å²) in [6.45, 7) is 2.84. The van der Waals surface area contributed by atoms with E-state index in [0.29, 0.717) is 12.5 Å². The summed E-state index contributed by atoms with van der Waals surface area (Å²) in [5.41, 5.74) is 0. The van der Waals surface area contributed by atoms with Gasteiger partial charge in [0.2, 0.25) is 0 Å². The second kappa shape index (κ2) is 5.50. The van der Waals surface area contributed by atoms with Crippen molar-refractivity contribution in [1.82, 2.24) is 14.6 Å². The number of carbonyl (C=O) groups excluding carboxylic acids is 1. The van der Waals surface area contributed by atoms with Crippen LogP contribution >= 0.6 is 11.8 Å². The van der Waals surface area contributed by atoms with E-state index in [2.05, 4.69) is 17.3 Å². The van der Waals surface area contributed by atoms with Crippen LogP contribution in [0.1, 0.15) is 12.8 Å². The summed E-state index contributed by atoms with van der Waals surface area (Å²) in [4.78, 5) is 14.1. The van der Waals surface area contributed by atoms with Crippen LogP contribution in [0.25, 0.3) is 0 Å². The van der Waals surface area contributed by atoms with Crippen LogP contribution in [0.2, 0.25) is 0 Å². The van der Waals surface area contributed by atoms with Gasteiger partial charge in [-0.2, -0.15) is 0 Å². The lowest BCUT2D eigenvalue weighted by atomic mass is 10.1. The van der Waals surface area contributed by atoms with Crippen LogP contribution in [0, 0.1) is 5.92 Å². The van der Waals surface area contributed by atoms with Crippen LogP contribution in [0.15, 0.2) is 0 Å². The lowest BCUT2D eigenvalue weighted by molar-refractivity contribution is -0.128. The van der Waals surface area contributed by atoms with Crippen LogP contribution in [0.4, 0.5) is 4.39 Å². The molecule has 2 aliphatic rings. The predicted molar refractivity (Wildman–Crippen MR) is 64.5 cm³/mol. The number of likely N-dealkylation sites (tertiary alicyclic amines) is 1. The monoisotopic (exact) mass is 263 g/mol. The molecule has 0 saturated carbocycles. The smallest absolute Gasteiger partial charge is 0.254 e. The number of halogens is 2. The van der Waals surface area contributed by atoms with E-state index in [-0.39, 0.29) is 18.9 Å². The Kier molecular flexibility index (Phi) is 4.22. The molecule has 1 N–H and O–H groups in total. The standard InChI is InChI=1S/C11H19ClFN3O/c1-15-3-2-8(6-15)7-16(12)11(17)10-4-9(13)5-14-10/h8-10,14H,2-7H2,1H3/t8-,9-,10+/m1/s1. The van der Waals surface area contributed by atoms with Gasteiger partial charge in [-0.15, -0.1) is 0 Å². The summed E-state index contributed by atoms with van der Waals surface area (Å²) >= 11 is 5.99. The highest BCUT2D eigenvalue weighted by molar-refractivity contribution is 6.22. The summed E-state index contributed by atoms with van der Waals surface area (Å²) in [5, 5.41) is 2.86. The van der Waals surface area contributed by atoms with E-state index in [0.717, 1.165) is 19.5 Å². The summed E-state index contributed by atoms with van der Waals surface area (Å²) < 4.78 is 14.2. The number of hydrogen-bond acceptors (Lipinski definition) is 3. The zero-order valence-electron chi connectivity index (χ0n) is 10.0. The topological polar surface area (TPSA) is 35.6 Å². The molecular formula is C11H19ClFN3O. The second-order valence-electron chi connectivity index (χ2n) is 5.09. The molecule has 2 fully saturated rings. The number of alkyl halides is 1. The Hall–Kier alpha value is -0.390. The van der Waals surface area contributed by atoms with Gasteiger partial charge in [-0.25, -0.2) is 4.39 Å². The van der Waals surface area contributed by atoms with Crippen LogP contribution < -0.4 is 5.32 Å². The van der Waals surface area contributed by atoms with E-state index in [1.807, 2.05) is 0 Å². The minimum absolute atomic E-state index is 0.193. The molecule has 0 aromatic heterocycles. The summed E-state index contributed by atoms with van der Waals surface area (Å²) in [5.74, 6) is 0.241. The van der Waals surface area contributed by atoms with Gasteiger partial charge in [0.15, 0.2) is 0 Å². The van der Waals surface area contributed by atoms with Crippen LogP contribution in [0.3, 0.4) is 0 Å². The Bertz CT molecular complexity index is 292. The van der Waals surface area contributed by atoms with Gasteiger partial charge < -0.3 is 10.2 Å². The van der Waals surface area contributed by atoms with Gasteiger partial charge in [-0.05, 0) is 25.9 Å². The molecule has 0 bridgehead atoms. The van der Waals surface area contributed by atoms with Crippen LogP contribution in [-0.2, 0) is 4.79 Å². The molecular weight excluding hydrogens is 245 g/mol. The van der Waals surface area contributed by atoms with Crippen molar-refractivity contribution >= 4 is 17.7 Å². The largest absolute Gasteiger partial charge is 0.306 e. The number of amides is 1. The maximum absolute atomic E-state index is 13.0. The molecule has 0 radical (unpaired) electrons. The van der Waals surface area contributed by atoms with E-state index in [1.165, 1.54) is 4.42 Å². The highest BCUT2D eigenvalue weighted by Crippen LogP contribution is 2.19. The van der Waals surface area contributed by atoms with Gasteiger partial charge in [0.05, 0.1) is 6.04 Å². The fraction of sp³-hybridized carbons (Fsp3) is 0.909. The molecule has 0 aromatic carbocycles. The zero-order chi connectivity index (χ0) is 12.4. The first-order valence-corrected chi connectivity index (χ1v) is 6.43. The minimum Gasteiger partial charge on any atom is -0.306 e. The van der Waals surface area contributed by atoms with Crippen molar-refractivity contribution in [2.24, 2.45) is 5.92 Å². The Morgan fingerprint density at radius 2 is 2.41 bits per heavy atom. The van der Waals surface area contributed by atoms with Gasteiger partial charge in [-0.3, -0.25) is 9.21 Å². The van der Waals surface area contributed by atoms with Crippen molar-refractivity contribution in [1.29, 1.82) is 0 Å². The maximum Gasteiger partial charge on any atom is 0.254 e. The van der Waals surface area contributed by atoms with E-state index in [4.69, 9.17) is 11.8 Å². The van der Waals surface area contributed by atoms with Crippen molar-refractivity contribution in [2.75, 3.05) is 33.2 Å². The van der Waals surface area contributed by atoms with E-state index < -0.39 is 12.2 Å². The number of nitrogens with zero attached hydrogens (tertiary/aromatic N) is 2. The van der Waals surface area contributed by atoms with Crippen LogP contribution in [-0.4, -0.2) is 60.7 Å². The molecule has 0 spiro atoms. The number of nitrogens with one attached hydrogen (secondary N) is 1. The second-order valence-corrected chi connectivity index (χ2v) is 5.50.